The number of anilines is 2. The van der Waals surface area contributed by atoms with E-state index in [0.29, 0.717) is 0 Å². The lowest BCUT2D eigenvalue weighted by Crippen LogP contribution is -2.20. The minimum absolute atomic E-state index is 0.226. The Kier molecular flexibility index (Phi) is 4.44. The molecule has 2 aromatic heterocycles. The second kappa shape index (κ2) is 6.04. The average Bonchev–Trinajstić information content (AvgIpc) is 2.53. The first-order valence-electron chi connectivity index (χ1n) is 5.99. The lowest BCUT2D eigenvalue weighted by atomic mass is 10.6. The Hall–Kier alpha value is -2.74. The van der Waals surface area contributed by atoms with Crippen LogP contribution >= 0.6 is 0 Å². The van der Waals surface area contributed by atoms with Crippen molar-refractivity contribution in [2.24, 2.45) is 0 Å². The molecule has 24 heavy (non-hydrogen) atoms. The van der Waals surface area contributed by atoms with E-state index in [9.17, 15) is 16.8 Å². The van der Waals surface area contributed by atoms with Crippen molar-refractivity contribution in [2.75, 3.05) is 25.7 Å². The van der Waals surface area contributed by atoms with Gasteiger partial charge in [-0.1, -0.05) is 0 Å². The molecule has 0 aliphatic rings. The van der Waals surface area contributed by atoms with Crippen molar-refractivity contribution < 1.29 is 26.3 Å². The molecular weight excluding hydrogens is 364 g/mol. The number of nitrogen functional groups attached to an aromatic ring is 2. The highest BCUT2D eigenvalue weighted by atomic mass is 33.2. The molecule has 14 heteroatoms. The Morgan fingerprint density at radius 3 is 1.38 bits per heavy atom. The molecule has 4 N–H and O–H groups in total. The van der Waals surface area contributed by atoms with Gasteiger partial charge >= 0.3 is 17.7 Å². The van der Waals surface area contributed by atoms with Crippen LogP contribution in [0, 0.1) is 0 Å². The van der Waals surface area contributed by atoms with Gasteiger partial charge < -0.3 is 20.9 Å². The van der Waals surface area contributed by atoms with Crippen LogP contribution in [0.4, 0.5) is 11.9 Å². The average molecular weight is 376 g/mol. The number of ether oxygens (including phenoxy) is 2. The molecule has 2 aromatic rings. The van der Waals surface area contributed by atoms with Crippen molar-refractivity contribution in [2.45, 2.75) is 10.1 Å². The first-order chi connectivity index (χ1) is 11.1. The molecule has 0 spiro atoms. The van der Waals surface area contributed by atoms with E-state index in [-0.39, 0.29) is 11.8 Å². The van der Waals surface area contributed by atoms with Gasteiger partial charge in [0, 0.05) is 12.1 Å². The molecule has 0 aliphatic heterocycles. The normalized spacial score (nSPS) is 11.9. The molecule has 2 rings (SSSR count). The summed E-state index contributed by atoms with van der Waals surface area (Å²) in [5.74, 6) is -1.42. The van der Waals surface area contributed by atoms with Crippen molar-refractivity contribution in [1.82, 2.24) is 19.9 Å². The third-order valence-corrected chi connectivity index (χ3v) is 7.39. The van der Waals surface area contributed by atoms with Crippen molar-refractivity contribution >= 4 is 29.6 Å². The minimum atomic E-state index is -5.03. The van der Waals surface area contributed by atoms with Crippen LogP contribution in [0.15, 0.2) is 22.2 Å². The van der Waals surface area contributed by atoms with Gasteiger partial charge in [0.2, 0.25) is 23.7 Å². The molecule has 2 heterocycles. The highest BCUT2D eigenvalue weighted by molar-refractivity contribution is 8.67. The number of nitrogens with two attached hydrogens (primary N) is 2. The molecule has 0 saturated carbocycles. The monoisotopic (exact) mass is 376 g/mol. The highest BCUT2D eigenvalue weighted by Gasteiger charge is 2.38. The largest absolute Gasteiger partial charge is 0.481 e. The highest BCUT2D eigenvalue weighted by Crippen LogP contribution is 2.26. The zero-order valence-electron chi connectivity index (χ0n) is 12.4. The number of nitrogens with zero attached hydrogens (tertiary/aromatic N) is 4. The van der Waals surface area contributed by atoms with Gasteiger partial charge in [0.25, 0.3) is 0 Å². The van der Waals surface area contributed by atoms with Crippen molar-refractivity contribution in [3.8, 4) is 11.8 Å². The first kappa shape index (κ1) is 17.6. The van der Waals surface area contributed by atoms with Crippen LogP contribution in [0.1, 0.15) is 0 Å². The number of aromatic nitrogens is 4. The molecular formula is C10H12N6O6S2. The fourth-order valence-electron chi connectivity index (χ4n) is 1.53. The summed E-state index contributed by atoms with van der Waals surface area (Å²) in [7, 11) is -7.66. The van der Waals surface area contributed by atoms with Gasteiger partial charge in [-0.15, -0.1) is 0 Å². The second-order valence-electron chi connectivity index (χ2n) is 4.12. The van der Waals surface area contributed by atoms with E-state index in [1.54, 1.807) is 0 Å². The van der Waals surface area contributed by atoms with Crippen molar-refractivity contribution in [3.63, 3.8) is 0 Å². The SMILES string of the molecule is COc1cc(S(=O)(=O)S(=O)(=O)c2cc(OC)nc(N)n2)nc(N)n1. The van der Waals surface area contributed by atoms with Crippen LogP contribution in [0.2, 0.25) is 0 Å². The summed E-state index contributed by atoms with van der Waals surface area (Å²) in [4.78, 5) is 14.0. The van der Waals surface area contributed by atoms with Gasteiger partial charge in [-0.05, 0) is 0 Å². The molecule has 0 aromatic carbocycles. The molecule has 0 bridgehead atoms. The van der Waals surface area contributed by atoms with Crippen LogP contribution in [-0.4, -0.2) is 51.0 Å². The maximum absolute atomic E-state index is 12.5. The van der Waals surface area contributed by atoms with E-state index in [2.05, 4.69) is 19.9 Å². The molecule has 0 radical (unpaired) electrons. The van der Waals surface area contributed by atoms with E-state index in [1.165, 1.54) is 14.2 Å². The minimum Gasteiger partial charge on any atom is -0.481 e. The van der Waals surface area contributed by atoms with E-state index < -0.39 is 39.7 Å². The maximum Gasteiger partial charge on any atom is 0.305 e. The van der Waals surface area contributed by atoms with Gasteiger partial charge in [0.1, 0.15) is 0 Å². The number of hydrogen-bond acceptors (Lipinski definition) is 12. The van der Waals surface area contributed by atoms with Crippen LogP contribution < -0.4 is 20.9 Å². The summed E-state index contributed by atoms with van der Waals surface area (Å²) in [5, 5.41) is -1.74. The van der Waals surface area contributed by atoms with Crippen LogP contribution in [0.5, 0.6) is 11.8 Å². The third-order valence-electron chi connectivity index (χ3n) is 2.61. The summed E-state index contributed by atoms with van der Waals surface area (Å²) in [6, 6.07) is 1.62. The molecule has 0 amide bonds. The molecule has 0 fully saturated rings. The standard InChI is InChI=1S/C10H12N6O6S2/c1-21-5-3-7(15-9(11)13-5)23(17,18)24(19,20)8-4-6(22-2)14-10(12)16-8/h3-4H,1-2H3,(H2,11,13,15)(H2,12,14,16). The fourth-order valence-corrected chi connectivity index (χ4v) is 4.74. The Balaban J connectivity index is 2.68. The topological polar surface area (TPSA) is 190 Å². The van der Waals surface area contributed by atoms with Gasteiger partial charge in [-0.25, -0.2) is 26.8 Å². The van der Waals surface area contributed by atoms with Gasteiger partial charge in [-0.3, -0.25) is 0 Å². The van der Waals surface area contributed by atoms with Gasteiger partial charge in [0.15, 0.2) is 10.1 Å². The quantitative estimate of drug-likeness (QED) is 0.459. The third kappa shape index (κ3) is 3.00. The van der Waals surface area contributed by atoms with E-state index in [4.69, 9.17) is 20.9 Å². The van der Waals surface area contributed by atoms with Gasteiger partial charge in [0.05, 0.1) is 14.2 Å². The molecule has 0 unspecified atom stereocenters. The molecule has 0 saturated heterocycles. The zero-order chi connectivity index (χ0) is 18.1. The Bertz CT molecular complexity index is 909. The predicted molar refractivity (Wildman–Crippen MR) is 80.4 cm³/mol. The lowest BCUT2D eigenvalue weighted by molar-refractivity contribution is 0.395. The summed E-state index contributed by atoms with van der Waals surface area (Å²) < 4.78 is 59.3. The number of methoxy groups -OCH3 is 2. The van der Waals surface area contributed by atoms with Crippen LogP contribution in [-0.2, 0) is 17.7 Å². The number of hydrogen-bond donors (Lipinski definition) is 2. The molecule has 12 nitrogen and oxygen atoms in total. The van der Waals surface area contributed by atoms with E-state index >= 15 is 0 Å². The second-order valence-corrected chi connectivity index (χ2v) is 9.41. The molecule has 0 aliphatic carbocycles. The Labute approximate surface area is 136 Å². The molecule has 0 atom stereocenters. The Morgan fingerprint density at radius 2 is 1.08 bits per heavy atom. The van der Waals surface area contributed by atoms with E-state index in [0.717, 1.165) is 12.1 Å². The summed E-state index contributed by atoms with van der Waals surface area (Å²) in [6.07, 6.45) is 0. The number of rotatable bonds is 5. The predicted octanol–water partition coefficient (Wildman–Crippen LogP) is -1.39. The summed E-state index contributed by atoms with van der Waals surface area (Å²) in [5.41, 5.74) is 10.7. The smallest absolute Gasteiger partial charge is 0.305 e. The first-order valence-corrected chi connectivity index (χ1v) is 9.47. The summed E-state index contributed by atoms with van der Waals surface area (Å²) >= 11 is 0. The van der Waals surface area contributed by atoms with Crippen LogP contribution in [0.25, 0.3) is 0 Å². The van der Waals surface area contributed by atoms with Crippen LogP contribution in [0.3, 0.4) is 0 Å². The van der Waals surface area contributed by atoms with Gasteiger partial charge in [-0.2, -0.15) is 9.97 Å². The fraction of sp³-hybridized carbons (Fsp3) is 0.200. The zero-order valence-corrected chi connectivity index (χ0v) is 14.0. The Morgan fingerprint density at radius 1 is 0.750 bits per heavy atom. The van der Waals surface area contributed by atoms with Crippen molar-refractivity contribution in [3.05, 3.63) is 12.1 Å². The van der Waals surface area contributed by atoms with Crippen molar-refractivity contribution in [1.29, 1.82) is 0 Å². The molecule has 130 valence electrons. The van der Waals surface area contributed by atoms with E-state index in [1.807, 2.05) is 0 Å². The maximum atomic E-state index is 12.5. The lowest BCUT2D eigenvalue weighted by Gasteiger charge is -2.08. The summed E-state index contributed by atoms with van der Waals surface area (Å²) in [6.45, 7) is 0.